The van der Waals surface area contributed by atoms with Crippen LogP contribution in [0.3, 0.4) is 0 Å². The Kier molecular flexibility index (Phi) is 2.99. The summed E-state index contributed by atoms with van der Waals surface area (Å²) in [6.45, 7) is 0. The first-order chi connectivity index (χ1) is 5.25. The summed E-state index contributed by atoms with van der Waals surface area (Å²) in [5.74, 6) is 0. The molecule has 0 aliphatic rings. The van der Waals surface area contributed by atoms with E-state index < -0.39 is 0 Å². The number of para-hydroxylation sites is 2. The van der Waals surface area contributed by atoms with Gasteiger partial charge in [-0.05, 0) is 12.1 Å². The second-order valence-electron chi connectivity index (χ2n) is 2.38. The summed E-state index contributed by atoms with van der Waals surface area (Å²) in [6, 6.07) is 7.88. The van der Waals surface area contributed by atoms with Crippen molar-refractivity contribution in [2.75, 3.05) is 22.2 Å². The van der Waals surface area contributed by atoms with Gasteiger partial charge in [-0.2, -0.15) is 0 Å². The molecule has 0 aliphatic heterocycles. The van der Waals surface area contributed by atoms with Crippen molar-refractivity contribution < 1.29 is 0 Å². The molecule has 0 atom stereocenters. The number of alkyl halides is 1. The zero-order valence-corrected chi connectivity index (χ0v) is 8.58. The molecular weight excluding hydrogens is 251 g/mol. The SMILES string of the molecule is CN(CI)c1ccccc1N. The quantitative estimate of drug-likeness (QED) is 0.383. The van der Waals surface area contributed by atoms with Gasteiger partial charge in [-0.25, -0.2) is 0 Å². The lowest BCUT2D eigenvalue weighted by Crippen LogP contribution is -2.15. The minimum Gasteiger partial charge on any atom is -0.397 e. The van der Waals surface area contributed by atoms with Gasteiger partial charge in [0, 0.05) is 7.05 Å². The largest absolute Gasteiger partial charge is 0.397 e. The Bertz CT molecular complexity index is 237. The molecule has 0 saturated carbocycles. The molecule has 2 N–H and O–H groups in total. The summed E-state index contributed by atoms with van der Waals surface area (Å²) in [7, 11) is 2.03. The average Bonchev–Trinajstić information content (AvgIpc) is 2.04. The van der Waals surface area contributed by atoms with E-state index >= 15 is 0 Å². The molecule has 11 heavy (non-hydrogen) atoms. The number of halogens is 1. The molecule has 0 unspecified atom stereocenters. The van der Waals surface area contributed by atoms with Gasteiger partial charge in [0.2, 0.25) is 0 Å². The van der Waals surface area contributed by atoms with Crippen LogP contribution in [-0.4, -0.2) is 11.6 Å². The summed E-state index contributed by atoms with van der Waals surface area (Å²) < 4.78 is 0.950. The van der Waals surface area contributed by atoms with Gasteiger partial charge in [-0.1, -0.05) is 34.7 Å². The van der Waals surface area contributed by atoms with Crippen LogP contribution in [0, 0.1) is 0 Å². The standard InChI is InChI=1S/C8H11IN2/c1-11(6-9)8-5-3-2-4-7(8)10/h2-5H,6,10H2,1H3. The lowest BCUT2D eigenvalue weighted by Gasteiger charge is -2.17. The van der Waals surface area contributed by atoms with Gasteiger partial charge in [0.05, 0.1) is 15.9 Å². The first kappa shape index (κ1) is 8.64. The molecule has 0 aliphatic carbocycles. The van der Waals surface area contributed by atoms with Crippen LogP contribution in [0.2, 0.25) is 0 Å². The van der Waals surface area contributed by atoms with E-state index in [0.717, 1.165) is 15.9 Å². The van der Waals surface area contributed by atoms with Crippen molar-refractivity contribution in [2.45, 2.75) is 0 Å². The van der Waals surface area contributed by atoms with E-state index in [4.69, 9.17) is 5.73 Å². The fourth-order valence-corrected chi connectivity index (χ4v) is 1.27. The molecule has 60 valence electrons. The van der Waals surface area contributed by atoms with Crippen molar-refractivity contribution in [2.24, 2.45) is 0 Å². The molecule has 3 heteroatoms. The van der Waals surface area contributed by atoms with Gasteiger partial charge >= 0.3 is 0 Å². The molecular formula is C8H11IN2. The highest BCUT2D eigenvalue weighted by Gasteiger charge is 2.00. The predicted molar refractivity (Wildman–Crippen MR) is 58.1 cm³/mol. The molecule has 1 rings (SSSR count). The molecule has 0 spiro atoms. The van der Waals surface area contributed by atoms with Crippen LogP contribution < -0.4 is 10.6 Å². The number of nitrogen functional groups attached to an aromatic ring is 1. The summed E-state index contributed by atoms with van der Waals surface area (Å²) in [5, 5.41) is 0. The highest BCUT2D eigenvalue weighted by molar-refractivity contribution is 14.1. The van der Waals surface area contributed by atoms with Crippen molar-refractivity contribution in [3.05, 3.63) is 24.3 Å². The minimum atomic E-state index is 0.840. The maximum absolute atomic E-state index is 5.75. The Balaban J connectivity index is 2.93. The van der Waals surface area contributed by atoms with E-state index in [1.807, 2.05) is 31.3 Å². The van der Waals surface area contributed by atoms with Crippen LogP contribution in [0.1, 0.15) is 0 Å². The fourth-order valence-electron chi connectivity index (χ4n) is 0.900. The Morgan fingerprint density at radius 3 is 2.64 bits per heavy atom. The Hall–Kier alpha value is -0.450. The van der Waals surface area contributed by atoms with E-state index in [2.05, 4.69) is 27.5 Å². The number of nitrogens with zero attached hydrogens (tertiary/aromatic N) is 1. The molecule has 0 heterocycles. The monoisotopic (exact) mass is 262 g/mol. The first-order valence-corrected chi connectivity index (χ1v) is 4.90. The molecule has 0 amide bonds. The molecule has 0 fully saturated rings. The van der Waals surface area contributed by atoms with Gasteiger partial charge in [0.1, 0.15) is 0 Å². The van der Waals surface area contributed by atoms with Gasteiger partial charge in [0.15, 0.2) is 0 Å². The number of nitrogens with two attached hydrogens (primary N) is 1. The number of hydrogen-bond donors (Lipinski definition) is 1. The van der Waals surface area contributed by atoms with Gasteiger partial charge in [0.25, 0.3) is 0 Å². The maximum Gasteiger partial charge on any atom is 0.0696 e. The maximum atomic E-state index is 5.75. The van der Waals surface area contributed by atoms with Crippen molar-refractivity contribution >= 4 is 34.0 Å². The first-order valence-electron chi connectivity index (χ1n) is 3.37. The Labute approximate surface area is 80.5 Å². The summed E-state index contributed by atoms with van der Waals surface area (Å²) in [5.41, 5.74) is 7.69. The predicted octanol–water partition coefficient (Wildman–Crippen LogP) is 2.10. The van der Waals surface area contributed by atoms with E-state index in [1.165, 1.54) is 0 Å². The summed E-state index contributed by atoms with van der Waals surface area (Å²) in [6.07, 6.45) is 0. The second kappa shape index (κ2) is 3.80. The molecule has 1 aromatic rings. The fraction of sp³-hybridized carbons (Fsp3) is 0.250. The third kappa shape index (κ3) is 1.99. The lowest BCUT2D eigenvalue weighted by molar-refractivity contribution is 1.12. The zero-order chi connectivity index (χ0) is 8.27. The van der Waals surface area contributed by atoms with Crippen LogP contribution in [-0.2, 0) is 0 Å². The van der Waals surface area contributed by atoms with Crippen molar-refractivity contribution in [3.8, 4) is 0 Å². The van der Waals surface area contributed by atoms with E-state index in [-0.39, 0.29) is 0 Å². The molecule has 2 nitrogen and oxygen atoms in total. The Morgan fingerprint density at radius 2 is 2.09 bits per heavy atom. The minimum absolute atomic E-state index is 0.840. The molecule has 0 radical (unpaired) electrons. The van der Waals surface area contributed by atoms with E-state index in [9.17, 15) is 0 Å². The number of hydrogen-bond acceptors (Lipinski definition) is 2. The molecule has 0 bridgehead atoms. The smallest absolute Gasteiger partial charge is 0.0696 e. The van der Waals surface area contributed by atoms with E-state index in [0.29, 0.717) is 0 Å². The van der Waals surface area contributed by atoms with Crippen LogP contribution in [0.4, 0.5) is 11.4 Å². The van der Waals surface area contributed by atoms with E-state index in [1.54, 1.807) is 0 Å². The van der Waals surface area contributed by atoms with Gasteiger partial charge in [-0.15, -0.1) is 0 Å². The van der Waals surface area contributed by atoms with Crippen LogP contribution in [0.25, 0.3) is 0 Å². The average molecular weight is 262 g/mol. The van der Waals surface area contributed by atoms with Gasteiger partial charge in [-0.3, -0.25) is 0 Å². The van der Waals surface area contributed by atoms with Crippen molar-refractivity contribution in [1.82, 2.24) is 0 Å². The topological polar surface area (TPSA) is 29.3 Å². The summed E-state index contributed by atoms with van der Waals surface area (Å²) >= 11 is 2.30. The third-order valence-corrected chi connectivity index (χ3v) is 2.55. The molecule has 1 aromatic carbocycles. The number of anilines is 2. The Morgan fingerprint density at radius 1 is 1.45 bits per heavy atom. The number of benzene rings is 1. The second-order valence-corrected chi connectivity index (χ2v) is 3.06. The van der Waals surface area contributed by atoms with Crippen molar-refractivity contribution in [1.29, 1.82) is 0 Å². The number of rotatable bonds is 2. The van der Waals surface area contributed by atoms with Crippen LogP contribution in [0.15, 0.2) is 24.3 Å². The normalized spacial score (nSPS) is 9.64. The highest BCUT2D eigenvalue weighted by atomic mass is 127. The third-order valence-electron chi connectivity index (χ3n) is 1.53. The zero-order valence-electron chi connectivity index (χ0n) is 6.42. The van der Waals surface area contributed by atoms with Crippen molar-refractivity contribution in [3.63, 3.8) is 0 Å². The molecule has 0 saturated heterocycles. The van der Waals surface area contributed by atoms with Crippen LogP contribution >= 0.6 is 22.6 Å². The summed E-state index contributed by atoms with van der Waals surface area (Å²) in [4.78, 5) is 2.11. The highest BCUT2D eigenvalue weighted by Crippen LogP contribution is 2.21. The molecule has 0 aromatic heterocycles. The lowest BCUT2D eigenvalue weighted by atomic mass is 10.2. The van der Waals surface area contributed by atoms with Crippen LogP contribution in [0.5, 0.6) is 0 Å². The van der Waals surface area contributed by atoms with Gasteiger partial charge < -0.3 is 10.6 Å².